The van der Waals surface area contributed by atoms with Gasteiger partial charge in [-0.3, -0.25) is 4.79 Å². The summed E-state index contributed by atoms with van der Waals surface area (Å²) in [6, 6.07) is 12.6. The number of aryl methyl sites for hydroxylation is 1. The molecule has 0 N–H and O–H groups in total. The molecule has 34 heavy (non-hydrogen) atoms. The molecule has 0 atom stereocenters. The van der Waals surface area contributed by atoms with Crippen molar-refractivity contribution in [3.63, 3.8) is 0 Å². The number of rotatable bonds is 7. The first kappa shape index (κ1) is 24.6. The van der Waals surface area contributed by atoms with Gasteiger partial charge < -0.3 is 14.0 Å². The highest BCUT2D eigenvalue weighted by Crippen LogP contribution is 2.26. The first-order valence-electron chi connectivity index (χ1n) is 11.1. The number of thiazole rings is 1. The number of aromatic nitrogens is 1. The minimum atomic E-state index is -3.56. The first-order chi connectivity index (χ1) is 16.3. The summed E-state index contributed by atoms with van der Waals surface area (Å²) in [5, 5.41) is 0. The Hall–Kier alpha value is -2.53. The zero-order valence-corrected chi connectivity index (χ0v) is 21.2. The highest BCUT2D eigenvalue weighted by atomic mass is 32.2. The van der Waals surface area contributed by atoms with Crippen molar-refractivity contribution >= 4 is 37.5 Å². The quantitative estimate of drug-likeness (QED) is 0.494. The van der Waals surface area contributed by atoms with Crippen molar-refractivity contribution in [3.8, 4) is 5.75 Å². The second-order valence-corrected chi connectivity index (χ2v) is 11.3. The number of hydrogen-bond acceptors (Lipinski definition) is 6. The van der Waals surface area contributed by atoms with Crippen molar-refractivity contribution in [1.29, 1.82) is 0 Å². The van der Waals surface area contributed by atoms with Gasteiger partial charge in [-0.1, -0.05) is 29.0 Å². The van der Waals surface area contributed by atoms with Gasteiger partial charge in [-0.15, -0.1) is 0 Å². The van der Waals surface area contributed by atoms with Crippen LogP contribution in [0.15, 0.2) is 52.4 Å². The minimum Gasteiger partial charge on any atom is -0.497 e. The predicted molar refractivity (Wildman–Crippen MR) is 131 cm³/mol. The molecule has 1 amide bonds. The van der Waals surface area contributed by atoms with Crippen molar-refractivity contribution < 1.29 is 22.7 Å². The maximum atomic E-state index is 13.1. The van der Waals surface area contributed by atoms with Gasteiger partial charge in [0.1, 0.15) is 5.75 Å². The van der Waals surface area contributed by atoms with Crippen LogP contribution in [0.2, 0.25) is 0 Å². The van der Waals surface area contributed by atoms with E-state index in [-0.39, 0.29) is 16.7 Å². The average Bonchev–Trinajstić information content (AvgIpc) is 3.18. The molecular weight excluding hydrogens is 474 g/mol. The van der Waals surface area contributed by atoms with E-state index in [2.05, 4.69) is 4.99 Å². The number of nitrogens with zero attached hydrogens (tertiary/aromatic N) is 3. The van der Waals surface area contributed by atoms with E-state index in [1.54, 1.807) is 38.5 Å². The van der Waals surface area contributed by atoms with Gasteiger partial charge >= 0.3 is 0 Å². The molecular formula is C24H29N3O5S2. The van der Waals surface area contributed by atoms with Gasteiger partial charge in [0.2, 0.25) is 10.0 Å². The molecule has 0 unspecified atom stereocenters. The number of methoxy groups -OCH3 is 2. The fourth-order valence-corrected chi connectivity index (χ4v) is 6.61. The Labute approximate surface area is 203 Å². The lowest BCUT2D eigenvalue weighted by atomic mass is 9.98. The molecule has 3 aromatic rings. The molecule has 8 nitrogen and oxygen atoms in total. The Morgan fingerprint density at radius 3 is 2.47 bits per heavy atom. The van der Waals surface area contributed by atoms with Gasteiger partial charge in [-0.05, 0) is 50.1 Å². The van der Waals surface area contributed by atoms with Crippen LogP contribution in [0.4, 0.5) is 0 Å². The molecule has 1 aliphatic heterocycles. The van der Waals surface area contributed by atoms with Crippen LogP contribution >= 0.6 is 11.3 Å². The van der Waals surface area contributed by atoms with Gasteiger partial charge in [-0.2, -0.15) is 9.30 Å². The smallest absolute Gasteiger partial charge is 0.251 e. The second-order valence-electron chi connectivity index (χ2n) is 8.30. The van der Waals surface area contributed by atoms with E-state index in [1.807, 2.05) is 29.7 Å². The van der Waals surface area contributed by atoms with Crippen molar-refractivity contribution in [3.05, 3.63) is 52.8 Å². The third-order valence-electron chi connectivity index (χ3n) is 6.08. The number of sulfonamides is 1. The second kappa shape index (κ2) is 10.4. The third kappa shape index (κ3) is 5.10. The topological polar surface area (TPSA) is 90.2 Å². The summed E-state index contributed by atoms with van der Waals surface area (Å²) in [7, 11) is -0.308. The highest BCUT2D eigenvalue weighted by Gasteiger charge is 2.32. The zero-order chi connectivity index (χ0) is 24.3. The Balaban J connectivity index is 1.53. The summed E-state index contributed by atoms with van der Waals surface area (Å²) in [6.45, 7) is 3.59. The van der Waals surface area contributed by atoms with Crippen LogP contribution in [0, 0.1) is 12.8 Å². The number of piperidine rings is 1. The first-order valence-corrected chi connectivity index (χ1v) is 13.4. The Morgan fingerprint density at radius 1 is 1.12 bits per heavy atom. The molecule has 1 fully saturated rings. The maximum Gasteiger partial charge on any atom is 0.251 e. The van der Waals surface area contributed by atoms with Crippen LogP contribution in [-0.4, -0.2) is 57.1 Å². The fourth-order valence-electron chi connectivity index (χ4n) is 4.05. The van der Waals surface area contributed by atoms with Crippen LogP contribution in [-0.2, 0) is 26.1 Å². The Morgan fingerprint density at radius 2 is 1.82 bits per heavy atom. The number of carbonyl (C=O) groups is 1. The van der Waals surface area contributed by atoms with Gasteiger partial charge in [0.15, 0.2) is 4.80 Å². The number of amides is 1. The highest BCUT2D eigenvalue weighted by molar-refractivity contribution is 7.89. The molecule has 0 bridgehead atoms. The summed E-state index contributed by atoms with van der Waals surface area (Å²) < 4.78 is 40.9. The maximum absolute atomic E-state index is 13.1. The predicted octanol–water partition coefficient (Wildman–Crippen LogP) is 3.19. The van der Waals surface area contributed by atoms with E-state index in [0.29, 0.717) is 43.9 Å². The van der Waals surface area contributed by atoms with Crippen LogP contribution in [0.1, 0.15) is 18.4 Å². The molecule has 0 spiro atoms. The molecule has 2 heterocycles. The molecule has 182 valence electrons. The number of fused-ring (bicyclic) bond motifs is 1. The number of carbonyl (C=O) groups excluding carboxylic acids is 1. The third-order valence-corrected chi connectivity index (χ3v) is 9.03. The van der Waals surface area contributed by atoms with E-state index in [1.165, 1.54) is 15.6 Å². The number of benzene rings is 2. The molecule has 0 aliphatic carbocycles. The Bertz CT molecular complexity index is 1340. The summed E-state index contributed by atoms with van der Waals surface area (Å²) >= 11 is 1.43. The molecule has 4 rings (SSSR count). The van der Waals surface area contributed by atoms with Crippen molar-refractivity contribution in [2.75, 3.05) is 33.9 Å². The summed E-state index contributed by atoms with van der Waals surface area (Å²) in [6.07, 6.45) is 0.897. The molecule has 1 aliphatic rings. The molecule has 0 radical (unpaired) electrons. The van der Waals surface area contributed by atoms with Gasteiger partial charge in [-0.25, -0.2) is 8.42 Å². The fraction of sp³-hybridized carbons (Fsp3) is 0.417. The lowest BCUT2D eigenvalue weighted by molar-refractivity contribution is -0.122. The largest absolute Gasteiger partial charge is 0.497 e. The van der Waals surface area contributed by atoms with Crippen molar-refractivity contribution in [1.82, 2.24) is 8.87 Å². The van der Waals surface area contributed by atoms with E-state index in [4.69, 9.17) is 9.47 Å². The monoisotopic (exact) mass is 503 g/mol. The van der Waals surface area contributed by atoms with Crippen LogP contribution in [0.25, 0.3) is 10.2 Å². The number of hydrogen-bond donors (Lipinski definition) is 0. The van der Waals surface area contributed by atoms with E-state index < -0.39 is 10.0 Å². The van der Waals surface area contributed by atoms with Crippen LogP contribution < -0.4 is 9.54 Å². The minimum absolute atomic E-state index is 0.211. The average molecular weight is 504 g/mol. The molecule has 2 aromatic carbocycles. The SMILES string of the molecule is COCCn1c(=NC(=O)C2CCN(S(=O)(=O)c3ccc(C)cc3)CC2)sc2cc(OC)ccc21. The van der Waals surface area contributed by atoms with Crippen molar-refractivity contribution in [2.45, 2.75) is 31.2 Å². The van der Waals surface area contributed by atoms with Crippen LogP contribution in [0.3, 0.4) is 0 Å². The van der Waals surface area contributed by atoms with Gasteiger partial charge in [0.05, 0.1) is 28.8 Å². The van der Waals surface area contributed by atoms with Gasteiger partial charge in [0.25, 0.3) is 5.91 Å². The standard InChI is InChI=1S/C24H29N3O5S2/c1-17-4-7-20(8-5-17)34(29,30)26-12-10-18(11-13-26)23(28)25-24-27(14-15-31-2)21-9-6-19(32-3)16-22(21)33-24/h4-9,16,18H,10-15H2,1-3H3. The van der Waals surface area contributed by atoms with E-state index >= 15 is 0 Å². The summed E-state index contributed by atoms with van der Waals surface area (Å²) in [4.78, 5) is 18.4. The lowest BCUT2D eigenvalue weighted by Crippen LogP contribution is -2.40. The number of ether oxygens (including phenoxy) is 2. The van der Waals surface area contributed by atoms with Crippen molar-refractivity contribution in [2.24, 2.45) is 10.9 Å². The lowest BCUT2D eigenvalue weighted by Gasteiger charge is -2.29. The normalized spacial score (nSPS) is 16.3. The Kier molecular flexibility index (Phi) is 7.51. The molecule has 0 saturated carbocycles. The molecule has 1 aromatic heterocycles. The van der Waals surface area contributed by atoms with E-state index in [0.717, 1.165) is 21.5 Å². The van der Waals surface area contributed by atoms with Crippen LogP contribution in [0.5, 0.6) is 5.75 Å². The molecule has 1 saturated heterocycles. The molecule has 10 heteroatoms. The summed E-state index contributed by atoms with van der Waals surface area (Å²) in [5.74, 6) is 0.227. The van der Waals surface area contributed by atoms with E-state index in [9.17, 15) is 13.2 Å². The zero-order valence-electron chi connectivity index (χ0n) is 19.6. The summed E-state index contributed by atoms with van der Waals surface area (Å²) in [5.41, 5.74) is 1.97. The van der Waals surface area contributed by atoms with Gasteiger partial charge in [0, 0.05) is 32.7 Å².